The SMILES string of the molecule is Cc1ccc(C(N)=O)c(C2CCN(C(=O)C(N)C(C)(C)C)CC2)c1. The summed E-state index contributed by atoms with van der Waals surface area (Å²) in [6.45, 7) is 9.28. The third-order valence-electron chi connectivity index (χ3n) is 4.92. The van der Waals surface area contributed by atoms with E-state index in [-0.39, 0.29) is 17.2 Å². The summed E-state index contributed by atoms with van der Waals surface area (Å²) in [5.74, 6) is -0.124. The van der Waals surface area contributed by atoms with E-state index in [9.17, 15) is 9.59 Å². The average molecular weight is 331 g/mol. The topological polar surface area (TPSA) is 89.4 Å². The third-order valence-corrected chi connectivity index (χ3v) is 4.92. The number of carbonyl (C=O) groups excluding carboxylic acids is 2. The van der Waals surface area contributed by atoms with E-state index in [4.69, 9.17) is 11.5 Å². The first-order valence-corrected chi connectivity index (χ1v) is 8.56. The normalized spacial score (nSPS) is 17.6. The fraction of sp³-hybridized carbons (Fsp3) is 0.579. The van der Waals surface area contributed by atoms with Crippen LogP contribution in [0.2, 0.25) is 0 Å². The minimum Gasteiger partial charge on any atom is -0.366 e. The molecule has 1 aromatic rings. The zero-order valence-electron chi connectivity index (χ0n) is 15.1. The highest BCUT2D eigenvalue weighted by Crippen LogP contribution is 2.32. The zero-order chi connectivity index (χ0) is 18.1. The first-order chi connectivity index (χ1) is 11.1. The second-order valence-corrected chi connectivity index (χ2v) is 7.90. The van der Waals surface area contributed by atoms with Crippen molar-refractivity contribution in [1.82, 2.24) is 4.90 Å². The van der Waals surface area contributed by atoms with Crippen molar-refractivity contribution >= 4 is 11.8 Å². The lowest BCUT2D eigenvalue weighted by molar-refractivity contribution is -0.136. The molecule has 5 heteroatoms. The number of aryl methyl sites for hydroxylation is 1. The molecule has 132 valence electrons. The van der Waals surface area contributed by atoms with Crippen LogP contribution in [0.15, 0.2) is 18.2 Å². The number of benzene rings is 1. The van der Waals surface area contributed by atoms with Crippen LogP contribution >= 0.6 is 0 Å². The summed E-state index contributed by atoms with van der Waals surface area (Å²) in [7, 11) is 0. The summed E-state index contributed by atoms with van der Waals surface area (Å²) in [6.07, 6.45) is 1.65. The van der Waals surface area contributed by atoms with Gasteiger partial charge in [0.2, 0.25) is 11.8 Å². The van der Waals surface area contributed by atoms with E-state index >= 15 is 0 Å². The maximum Gasteiger partial charge on any atom is 0.248 e. The van der Waals surface area contributed by atoms with Gasteiger partial charge in [-0.2, -0.15) is 0 Å². The lowest BCUT2D eigenvalue weighted by Gasteiger charge is -2.37. The van der Waals surface area contributed by atoms with Gasteiger partial charge in [-0.15, -0.1) is 0 Å². The van der Waals surface area contributed by atoms with Crippen LogP contribution < -0.4 is 11.5 Å². The maximum atomic E-state index is 12.5. The Hall–Kier alpha value is -1.88. The summed E-state index contributed by atoms with van der Waals surface area (Å²) in [5, 5.41) is 0. The smallest absolute Gasteiger partial charge is 0.248 e. The van der Waals surface area contributed by atoms with Gasteiger partial charge in [0.05, 0.1) is 6.04 Å². The Morgan fingerprint density at radius 3 is 2.29 bits per heavy atom. The van der Waals surface area contributed by atoms with E-state index in [1.165, 1.54) is 0 Å². The number of primary amides is 1. The van der Waals surface area contributed by atoms with E-state index in [0.717, 1.165) is 24.0 Å². The summed E-state index contributed by atoms with van der Waals surface area (Å²) < 4.78 is 0. The highest BCUT2D eigenvalue weighted by molar-refractivity contribution is 5.94. The van der Waals surface area contributed by atoms with E-state index in [2.05, 4.69) is 0 Å². The molecule has 1 aliphatic rings. The van der Waals surface area contributed by atoms with Crippen molar-refractivity contribution in [1.29, 1.82) is 0 Å². The van der Waals surface area contributed by atoms with Gasteiger partial charge in [0.15, 0.2) is 0 Å². The number of nitrogens with two attached hydrogens (primary N) is 2. The van der Waals surface area contributed by atoms with E-state index in [1.807, 2.05) is 44.7 Å². The standard InChI is InChI=1S/C19H29N3O2/c1-12-5-6-14(17(21)23)15(11-12)13-7-9-22(10-8-13)18(24)16(20)19(2,3)4/h5-6,11,13,16H,7-10,20H2,1-4H3,(H2,21,23). The maximum absolute atomic E-state index is 12.5. The fourth-order valence-electron chi connectivity index (χ4n) is 3.22. The highest BCUT2D eigenvalue weighted by Gasteiger charge is 2.33. The van der Waals surface area contributed by atoms with E-state index in [1.54, 1.807) is 6.07 Å². The van der Waals surface area contributed by atoms with Gasteiger partial charge in [0.1, 0.15) is 0 Å². The molecule has 1 fully saturated rings. The molecular formula is C19H29N3O2. The van der Waals surface area contributed by atoms with Crippen molar-refractivity contribution in [2.45, 2.75) is 52.5 Å². The van der Waals surface area contributed by atoms with Crippen LogP contribution in [0.4, 0.5) is 0 Å². The molecule has 0 saturated carbocycles. The van der Waals surface area contributed by atoms with Gasteiger partial charge >= 0.3 is 0 Å². The van der Waals surface area contributed by atoms with Crippen LogP contribution in [0.5, 0.6) is 0 Å². The van der Waals surface area contributed by atoms with Gasteiger partial charge in [-0.1, -0.05) is 38.5 Å². The number of rotatable bonds is 3. The molecular weight excluding hydrogens is 302 g/mol. The number of hydrogen-bond acceptors (Lipinski definition) is 3. The monoisotopic (exact) mass is 331 g/mol. The molecule has 1 saturated heterocycles. The van der Waals surface area contributed by atoms with Crippen molar-refractivity contribution in [3.8, 4) is 0 Å². The molecule has 5 nitrogen and oxygen atoms in total. The Bertz CT molecular complexity index is 626. The van der Waals surface area contributed by atoms with Crippen molar-refractivity contribution in [2.24, 2.45) is 16.9 Å². The van der Waals surface area contributed by atoms with Gasteiger partial charge in [-0.25, -0.2) is 0 Å². The Labute approximate surface area is 144 Å². The number of likely N-dealkylation sites (tertiary alicyclic amines) is 1. The van der Waals surface area contributed by atoms with Crippen molar-refractivity contribution in [3.05, 3.63) is 34.9 Å². The van der Waals surface area contributed by atoms with E-state index < -0.39 is 11.9 Å². The molecule has 0 radical (unpaired) electrons. The second-order valence-electron chi connectivity index (χ2n) is 7.90. The number of amides is 2. The lowest BCUT2D eigenvalue weighted by Crippen LogP contribution is -2.52. The molecule has 0 aromatic heterocycles. The highest BCUT2D eigenvalue weighted by atomic mass is 16.2. The molecule has 0 aliphatic carbocycles. The largest absolute Gasteiger partial charge is 0.366 e. The Kier molecular flexibility index (Phi) is 5.33. The third kappa shape index (κ3) is 3.96. The predicted octanol–water partition coefficient (Wildman–Crippen LogP) is 2.17. The summed E-state index contributed by atoms with van der Waals surface area (Å²) >= 11 is 0. The van der Waals surface area contributed by atoms with Gasteiger partial charge in [0.25, 0.3) is 0 Å². The molecule has 1 heterocycles. The Morgan fingerprint density at radius 2 is 1.79 bits per heavy atom. The van der Waals surface area contributed by atoms with Crippen LogP contribution in [-0.2, 0) is 4.79 Å². The first-order valence-electron chi connectivity index (χ1n) is 8.56. The minimum absolute atomic E-state index is 0.0142. The fourth-order valence-corrected chi connectivity index (χ4v) is 3.22. The molecule has 1 unspecified atom stereocenters. The zero-order valence-corrected chi connectivity index (χ0v) is 15.1. The number of piperidine rings is 1. The molecule has 2 rings (SSSR count). The molecule has 24 heavy (non-hydrogen) atoms. The quantitative estimate of drug-likeness (QED) is 0.889. The van der Waals surface area contributed by atoms with Crippen LogP contribution in [0.3, 0.4) is 0 Å². The van der Waals surface area contributed by atoms with Gasteiger partial charge in [0, 0.05) is 18.7 Å². The van der Waals surface area contributed by atoms with Crippen molar-refractivity contribution in [2.75, 3.05) is 13.1 Å². The molecule has 0 spiro atoms. The number of hydrogen-bond donors (Lipinski definition) is 2. The van der Waals surface area contributed by atoms with Gasteiger partial charge < -0.3 is 16.4 Å². The molecule has 1 aliphatic heterocycles. The van der Waals surface area contributed by atoms with Crippen LogP contribution in [0.1, 0.15) is 61.0 Å². The summed E-state index contributed by atoms with van der Waals surface area (Å²) in [4.78, 5) is 26.1. The number of carbonyl (C=O) groups is 2. The molecule has 1 aromatic carbocycles. The molecule has 2 amide bonds. The summed E-state index contributed by atoms with van der Waals surface area (Å²) in [6, 6.07) is 5.27. The summed E-state index contributed by atoms with van der Waals surface area (Å²) in [5.41, 5.74) is 14.1. The van der Waals surface area contributed by atoms with Gasteiger partial charge in [-0.3, -0.25) is 9.59 Å². The Morgan fingerprint density at radius 1 is 1.21 bits per heavy atom. The van der Waals surface area contributed by atoms with Crippen molar-refractivity contribution < 1.29 is 9.59 Å². The van der Waals surface area contributed by atoms with E-state index in [0.29, 0.717) is 18.7 Å². The molecule has 0 bridgehead atoms. The average Bonchev–Trinajstić information content (AvgIpc) is 2.52. The van der Waals surface area contributed by atoms with Gasteiger partial charge in [-0.05, 0) is 42.7 Å². The van der Waals surface area contributed by atoms with Crippen LogP contribution in [-0.4, -0.2) is 35.8 Å². The van der Waals surface area contributed by atoms with Crippen LogP contribution in [0.25, 0.3) is 0 Å². The molecule has 1 atom stereocenters. The minimum atomic E-state index is -0.491. The Balaban J connectivity index is 2.10. The second kappa shape index (κ2) is 6.93. The molecule has 4 N–H and O–H groups in total. The van der Waals surface area contributed by atoms with Crippen molar-refractivity contribution in [3.63, 3.8) is 0 Å². The lowest BCUT2D eigenvalue weighted by atomic mass is 9.83. The first kappa shape index (κ1) is 18.5. The van der Waals surface area contributed by atoms with Crippen LogP contribution in [0, 0.1) is 12.3 Å². The number of nitrogens with zero attached hydrogens (tertiary/aromatic N) is 1. The predicted molar refractivity (Wildman–Crippen MR) is 95.7 cm³/mol.